The van der Waals surface area contributed by atoms with Gasteiger partial charge in [0.15, 0.2) is 5.82 Å². The second-order valence-electron chi connectivity index (χ2n) is 9.49. The normalized spacial score (nSPS) is 21.2. The van der Waals surface area contributed by atoms with Gasteiger partial charge in [-0.2, -0.15) is 15.5 Å². The van der Waals surface area contributed by atoms with Gasteiger partial charge >= 0.3 is 0 Å². The van der Waals surface area contributed by atoms with Crippen molar-refractivity contribution in [1.29, 1.82) is 5.26 Å². The molecule has 2 aliphatic rings. The van der Waals surface area contributed by atoms with Gasteiger partial charge in [0.2, 0.25) is 5.91 Å². The summed E-state index contributed by atoms with van der Waals surface area (Å²) in [6.45, 7) is 7.60. The summed E-state index contributed by atoms with van der Waals surface area (Å²) in [4.78, 5) is 18.5. The Morgan fingerprint density at radius 3 is 2.81 bits per heavy atom. The molecule has 0 aromatic carbocycles. The van der Waals surface area contributed by atoms with E-state index in [1.165, 1.54) is 24.0 Å². The van der Waals surface area contributed by atoms with E-state index >= 15 is 0 Å². The molecule has 2 unspecified atom stereocenters. The number of carbonyl (C=O) groups excluding carboxylic acids is 1. The van der Waals surface area contributed by atoms with Crippen molar-refractivity contribution < 1.29 is 9.18 Å². The Balaban J connectivity index is 1.41. The fraction of sp³-hybridized carbons (Fsp3) is 0.423. The highest BCUT2D eigenvalue weighted by Gasteiger charge is 2.36. The number of pyridine rings is 2. The highest BCUT2D eigenvalue weighted by molar-refractivity contribution is 7.99. The molecule has 1 amide bonds. The standard InChI is InChI=1S/C26H28FN7OS/c1-16(19-6-9-32(10-7-19)18(3)35)34-17(2)22(14-31-34)20-11-24(36-26-23(27)5-4-8-29-26)25-21(12-28)13-30-33(25)15-20/h4-5,8,11,13-17,19,22H,6-7,9-10H2,1-3H3/t16-,17?,22?/m1/s1. The Morgan fingerprint density at radius 2 is 2.11 bits per heavy atom. The first-order valence-electron chi connectivity index (χ1n) is 12.1. The molecule has 10 heteroatoms. The fourth-order valence-corrected chi connectivity index (χ4v) is 6.28. The average Bonchev–Trinajstić information content (AvgIpc) is 3.48. The van der Waals surface area contributed by atoms with Gasteiger partial charge in [0.25, 0.3) is 0 Å². The van der Waals surface area contributed by atoms with E-state index in [0.29, 0.717) is 17.0 Å². The first kappa shape index (κ1) is 24.3. The number of carbonyl (C=O) groups is 1. The first-order chi connectivity index (χ1) is 17.4. The molecule has 0 aliphatic carbocycles. The summed E-state index contributed by atoms with van der Waals surface area (Å²) in [6.07, 6.45) is 8.93. The zero-order chi connectivity index (χ0) is 25.4. The second-order valence-corrected chi connectivity index (χ2v) is 10.5. The van der Waals surface area contributed by atoms with Crippen molar-refractivity contribution in [1.82, 2.24) is 24.5 Å². The monoisotopic (exact) mass is 505 g/mol. The molecule has 186 valence electrons. The fourth-order valence-electron chi connectivity index (χ4n) is 5.29. The molecule has 1 fully saturated rings. The molecule has 3 aromatic heterocycles. The number of hydrogen-bond acceptors (Lipinski definition) is 7. The highest BCUT2D eigenvalue weighted by atomic mass is 32.2. The first-order valence-corrected chi connectivity index (χ1v) is 13.0. The van der Waals surface area contributed by atoms with Crippen LogP contribution in [0.3, 0.4) is 0 Å². The maximum atomic E-state index is 14.4. The number of hydrogen-bond donors (Lipinski definition) is 0. The van der Waals surface area contributed by atoms with Gasteiger partial charge in [-0.1, -0.05) is 11.8 Å². The number of halogens is 1. The van der Waals surface area contributed by atoms with Gasteiger partial charge in [-0.05, 0) is 56.4 Å². The molecule has 0 bridgehead atoms. The van der Waals surface area contributed by atoms with Crippen molar-refractivity contribution in [3.8, 4) is 6.07 Å². The van der Waals surface area contributed by atoms with Crippen LogP contribution in [-0.4, -0.2) is 61.8 Å². The topological polar surface area (TPSA) is 89.9 Å². The third kappa shape index (κ3) is 4.44. The number of piperidine rings is 1. The number of nitriles is 1. The third-order valence-electron chi connectivity index (χ3n) is 7.42. The molecule has 3 atom stereocenters. The van der Waals surface area contributed by atoms with E-state index in [-0.39, 0.29) is 28.9 Å². The van der Waals surface area contributed by atoms with Gasteiger partial charge in [-0.15, -0.1) is 0 Å². The van der Waals surface area contributed by atoms with Crippen LogP contribution in [0.15, 0.2) is 51.8 Å². The summed E-state index contributed by atoms with van der Waals surface area (Å²) in [5, 5.41) is 21.2. The quantitative estimate of drug-likeness (QED) is 0.513. The van der Waals surface area contributed by atoms with Gasteiger partial charge in [0.05, 0.1) is 23.3 Å². The van der Waals surface area contributed by atoms with Crippen molar-refractivity contribution >= 4 is 29.4 Å². The van der Waals surface area contributed by atoms with Gasteiger partial charge in [0, 0.05) is 55.5 Å². The summed E-state index contributed by atoms with van der Waals surface area (Å²) in [5.74, 6) is 0.207. The number of fused-ring (bicyclic) bond motifs is 1. The minimum absolute atomic E-state index is 0.0109. The van der Waals surface area contributed by atoms with E-state index in [0.717, 1.165) is 36.4 Å². The molecule has 8 nitrogen and oxygen atoms in total. The minimum Gasteiger partial charge on any atom is -0.343 e. The van der Waals surface area contributed by atoms with Crippen molar-refractivity contribution in [2.75, 3.05) is 13.1 Å². The molecule has 0 N–H and O–H groups in total. The van der Waals surface area contributed by atoms with E-state index in [2.05, 4.69) is 35.0 Å². The Morgan fingerprint density at radius 1 is 1.33 bits per heavy atom. The molecule has 0 radical (unpaired) electrons. The second kappa shape index (κ2) is 9.90. The van der Waals surface area contributed by atoms with Crippen LogP contribution in [0, 0.1) is 23.1 Å². The van der Waals surface area contributed by atoms with Crippen LogP contribution in [0.25, 0.3) is 5.52 Å². The van der Waals surface area contributed by atoms with E-state index < -0.39 is 5.82 Å². The van der Waals surface area contributed by atoms with E-state index in [4.69, 9.17) is 5.10 Å². The zero-order valence-electron chi connectivity index (χ0n) is 20.5. The lowest BCUT2D eigenvalue weighted by Crippen LogP contribution is -2.45. The largest absolute Gasteiger partial charge is 0.343 e. The molecule has 0 saturated carbocycles. The van der Waals surface area contributed by atoms with Crippen LogP contribution in [-0.2, 0) is 4.79 Å². The molecule has 1 saturated heterocycles. The zero-order valence-corrected chi connectivity index (χ0v) is 21.3. The SMILES string of the molecule is CC(=O)N1CCC([C@@H](C)N2N=CC(c3cc(Sc4ncccc4F)c4c(C#N)cnn4c3)C2C)CC1. The predicted molar refractivity (Wildman–Crippen MR) is 135 cm³/mol. The maximum absolute atomic E-state index is 14.4. The third-order valence-corrected chi connectivity index (χ3v) is 8.44. The van der Waals surface area contributed by atoms with Crippen molar-refractivity contribution in [3.05, 3.63) is 53.7 Å². The lowest BCUT2D eigenvalue weighted by Gasteiger charge is -2.39. The van der Waals surface area contributed by atoms with Gasteiger partial charge < -0.3 is 4.90 Å². The van der Waals surface area contributed by atoms with Gasteiger partial charge in [-0.3, -0.25) is 9.80 Å². The number of hydrazone groups is 1. The van der Waals surface area contributed by atoms with E-state index in [9.17, 15) is 14.4 Å². The Labute approximate surface area is 213 Å². The van der Waals surface area contributed by atoms with Crippen molar-refractivity contribution in [2.24, 2.45) is 11.0 Å². The van der Waals surface area contributed by atoms with Crippen LogP contribution in [0.2, 0.25) is 0 Å². The van der Waals surface area contributed by atoms with Crippen LogP contribution < -0.4 is 0 Å². The highest BCUT2D eigenvalue weighted by Crippen LogP contribution is 2.38. The Kier molecular flexibility index (Phi) is 6.67. The van der Waals surface area contributed by atoms with Crippen LogP contribution in [0.1, 0.15) is 50.7 Å². The number of amides is 1. The Bertz CT molecular complexity index is 1360. The molecule has 5 heterocycles. The van der Waals surface area contributed by atoms with E-state index in [1.54, 1.807) is 23.7 Å². The van der Waals surface area contributed by atoms with Crippen molar-refractivity contribution in [2.45, 2.75) is 61.5 Å². The summed E-state index contributed by atoms with van der Waals surface area (Å²) < 4.78 is 16.1. The maximum Gasteiger partial charge on any atom is 0.219 e. The molecule has 3 aromatic rings. The molecular weight excluding hydrogens is 477 g/mol. The summed E-state index contributed by atoms with van der Waals surface area (Å²) in [6, 6.07) is 7.48. The van der Waals surface area contributed by atoms with E-state index in [1.807, 2.05) is 23.4 Å². The van der Waals surface area contributed by atoms with Crippen molar-refractivity contribution in [3.63, 3.8) is 0 Å². The number of aromatic nitrogens is 3. The predicted octanol–water partition coefficient (Wildman–Crippen LogP) is 4.31. The molecule has 5 rings (SSSR count). The molecule has 0 spiro atoms. The van der Waals surface area contributed by atoms with Gasteiger partial charge in [-0.25, -0.2) is 13.9 Å². The average molecular weight is 506 g/mol. The lowest BCUT2D eigenvalue weighted by atomic mass is 9.88. The summed E-state index contributed by atoms with van der Waals surface area (Å²) >= 11 is 1.20. The van der Waals surface area contributed by atoms with Crippen LogP contribution in [0.4, 0.5) is 4.39 Å². The van der Waals surface area contributed by atoms with Crippen LogP contribution in [0.5, 0.6) is 0 Å². The van der Waals surface area contributed by atoms with Crippen LogP contribution >= 0.6 is 11.8 Å². The summed E-state index contributed by atoms with van der Waals surface area (Å²) in [5.41, 5.74) is 2.06. The number of rotatable bonds is 5. The lowest BCUT2D eigenvalue weighted by molar-refractivity contribution is -0.130. The Hall–Kier alpha value is -3.45. The number of likely N-dealkylation sites (tertiary alicyclic amines) is 1. The summed E-state index contributed by atoms with van der Waals surface area (Å²) in [7, 11) is 0. The minimum atomic E-state index is -0.407. The molecule has 36 heavy (non-hydrogen) atoms. The van der Waals surface area contributed by atoms with Gasteiger partial charge in [0.1, 0.15) is 11.1 Å². The molecule has 2 aliphatic heterocycles. The smallest absolute Gasteiger partial charge is 0.219 e. The molecular formula is C26H28FN7OS. The number of nitrogens with zero attached hydrogens (tertiary/aromatic N) is 7.